The minimum absolute atomic E-state index is 0.0545. The maximum absolute atomic E-state index is 14.1. The number of halogens is 1. The van der Waals surface area contributed by atoms with Crippen molar-refractivity contribution in [1.82, 2.24) is 9.97 Å². The highest BCUT2D eigenvalue weighted by molar-refractivity contribution is 5.90. The lowest BCUT2D eigenvalue weighted by Gasteiger charge is -2.24. The first-order chi connectivity index (χ1) is 10.1. The fraction of sp³-hybridized carbons (Fsp3) is 0.467. The molecule has 1 aromatic carbocycles. The Kier molecular flexibility index (Phi) is 4.90. The van der Waals surface area contributed by atoms with E-state index in [2.05, 4.69) is 22.2 Å². The number of nitrogens with two attached hydrogens (primary N) is 1. The predicted octanol–water partition coefficient (Wildman–Crippen LogP) is 2.56. The smallest absolute Gasteiger partial charge is 0.222 e. The molecule has 0 spiro atoms. The molecule has 2 atom stereocenters. The number of hydrogen-bond donors (Lipinski definition) is 3. The second kappa shape index (κ2) is 6.67. The zero-order valence-corrected chi connectivity index (χ0v) is 12.3. The Morgan fingerprint density at radius 1 is 1.38 bits per heavy atom. The van der Waals surface area contributed by atoms with E-state index in [1.54, 1.807) is 12.1 Å². The van der Waals surface area contributed by atoms with E-state index in [-0.39, 0.29) is 24.5 Å². The molecule has 0 fully saturated rings. The van der Waals surface area contributed by atoms with Crippen molar-refractivity contribution < 1.29 is 9.50 Å². The standard InChI is InChI=1S/C15H21FN4O/c1-3-5-9(2)12(8-21)18-14-13-10(16)6-4-7-11(13)19-15(17)20-14/h4,6-7,9,12,21H,3,5,8H2,1-2H3,(H3,17,18,19,20)/t9?,12-/m0/s1. The Morgan fingerprint density at radius 2 is 2.14 bits per heavy atom. The van der Waals surface area contributed by atoms with Crippen LogP contribution in [0.1, 0.15) is 26.7 Å². The molecule has 0 radical (unpaired) electrons. The van der Waals surface area contributed by atoms with Crippen LogP contribution in [0.4, 0.5) is 16.2 Å². The van der Waals surface area contributed by atoms with E-state index in [0.29, 0.717) is 16.7 Å². The fourth-order valence-electron chi connectivity index (χ4n) is 2.46. The molecule has 1 unspecified atom stereocenters. The zero-order chi connectivity index (χ0) is 15.4. The van der Waals surface area contributed by atoms with Gasteiger partial charge >= 0.3 is 0 Å². The summed E-state index contributed by atoms with van der Waals surface area (Å²) >= 11 is 0. The summed E-state index contributed by atoms with van der Waals surface area (Å²) in [4.78, 5) is 8.13. The van der Waals surface area contributed by atoms with Crippen LogP contribution >= 0.6 is 0 Å². The molecular weight excluding hydrogens is 271 g/mol. The molecule has 21 heavy (non-hydrogen) atoms. The first-order valence-electron chi connectivity index (χ1n) is 7.16. The normalized spacial score (nSPS) is 14.1. The lowest BCUT2D eigenvalue weighted by Crippen LogP contribution is -2.31. The Hall–Kier alpha value is -1.95. The van der Waals surface area contributed by atoms with Gasteiger partial charge in [-0.1, -0.05) is 26.3 Å². The van der Waals surface area contributed by atoms with Crippen LogP contribution < -0.4 is 11.1 Å². The minimum atomic E-state index is -0.408. The lowest BCUT2D eigenvalue weighted by molar-refractivity contribution is 0.238. The third-order valence-electron chi connectivity index (χ3n) is 3.64. The number of fused-ring (bicyclic) bond motifs is 1. The van der Waals surface area contributed by atoms with Gasteiger partial charge in [-0.05, 0) is 24.5 Å². The van der Waals surface area contributed by atoms with Crippen LogP contribution in [0.15, 0.2) is 18.2 Å². The molecule has 0 aliphatic carbocycles. The van der Waals surface area contributed by atoms with E-state index in [9.17, 15) is 9.50 Å². The average molecular weight is 292 g/mol. The SMILES string of the molecule is CCCC(C)[C@H](CO)Nc1nc(N)nc2cccc(F)c12. The molecule has 0 aliphatic rings. The van der Waals surface area contributed by atoms with Gasteiger partial charge in [0.25, 0.3) is 0 Å². The summed E-state index contributed by atoms with van der Waals surface area (Å²) in [6.45, 7) is 4.07. The number of nitrogens with one attached hydrogen (secondary N) is 1. The highest BCUT2D eigenvalue weighted by atomic mass is 19.1. The Labute approximate surface area is 123 Å². The van der Waals surface area contributed by atoms with Crippen molar-refractivity contribution in [3.8, 4) is 0 Å². The van der Waals surface area contributed by atoms with Gasteiger partial charge in [-0.3, -0.25) is 0 Å². The Bertz CT molecular complexity index is 620. The molecule has 2 aromatic rings. The molecule has 0 saturated heterocycles. The molecule has 0 bridgehead atoms. The van der Waals surface area contributed by atoms with Crippen molar-refractivity contribution in [2.45, 2.75) is 32.7 Å². The summed E-state index contributed by atoms with van der Waals surface area (Å²) in [5, 5.41) is 13.0. The van der Waals surface area contributed by atoms with Gasteiger partial charge in [0.2, 0.25) is 5.95 Å². The van der Waals surface area contributed by atoms with Gasteiger partial charge < -0.3 is 16.2 Å². The number of hydrogen-bond acceptors (Lipinski definition) is 5. The van der Waals surface area contributed by atoms with E-state index in [1.165, 1.54) is 6.07 Å². The first kappa shape index (κ1) is 15.4. The van der Waals surface area contributed by atoms with Gasteiger partial charge in [0.1, 0.15) is 11.6 Å². The number of aromatic nitrogens is 2. The maximum Gasteiger partial charge on any atom is 0.222 e. The Morgan fingerprint density at radius 3 is 2.81 bits per heavy atom. The molecule has 4 N–H and O–H groups in total. The molecule has 2 rings (SSSR count). The molecule has 0 saturated carbocycles. The van der Waals surface area contributed by atoms with Gasteiger partial charge in [0, 0.05) is 0 Å². The fourth-order valence-corrected chi connectivity index (χ4v) is 2.46. The molecule has 5 nitrogen and oxygen atoms in total. The third kappa shape index (κ3) is 3.39. The molecule has 114 valence electrons. The molecular formula is C15H21FN4O. The summed E-state index contributed by atoms with van der Waals surface area (Å²) < 4.78 is 14.1. The van der Waals surface area contributed by atoms with E-state index in [4.69, 9.17) is 5.73 Å². The Balaban J connectivity index is 2.41. The molecule has 0 amide bonds. The number of benzene rings is 1. The van der Waals surface area contributed by atoms with Crippen molar-refractivity contribution in [1.29, 1.82) is 0 Å². The predicted molar refractivity (Wildman–Crippen MR) is 82.5 cm³/mol. The number of nitrogen functional groups attached to an aromatic ring is 1. The van der Waals surface area contributed by atoms with Crippen molar-refractivity contribution in [2.75, 3.05) is 17.7 Å². The van der Waals surface area contributed by atoms with Gasteiger partial charge in [0.15, 0.2) is 0 Å². The number of aliphatic hydroxyl groups is 1. The van der Waals surface area contributed by atoms with Gasteiger partial charge in [0.05, 0.1) is 23.6 Å². The van der Waals surface area contributed by atoms with Crippen LogP contribution in [0.25, 0.3) is 10.9 Å². The van der Waals surface area contributed by atoms with Crippen LogP contribution in [-0.4, -0.2) is 27.7 Å². The maximum atomic E-state index is 14.1. The highest BCUT2D eigenvalue weighted by Gasteiger charge is 2.19. The van der Waals surface area contributed by atoms with Crippen LogP contribution in [0.3, 0.4) is 0 Å². The summed E-state index contributed by atoms with van der Waals surface area (Å²) in [5.41, 5.74) is 6.13. The van der Waals surface area contributed by atoms with Crippen molar-refractivity contribution in [3.05, 3.63) is 24.0 Å². The summed E-state index contributed by atoms with van der Waals surface area (Å²) in [7, 11) is 0. The van der Waals surface area contributed by atoms with Crippen molar-refractivity contribution >= 4 is 22.7 Å². The van der Waals surface area contributed by atoms with Crippen LogP contribution in [0, 0.1) is 11.7 Å². The van der Waals surface area contributed by atoms with Crippen LogP contribution in [0.5, 0.6) is 0 Å². The quantitative estimate of drug-likeness (QED) is 0.762. The number of aliphatic hydroxyl groups excluding tert-OH is 1. The van der Waals surface area contributed by atoms with Crippen molar-refractivity contribution in [3.63, 3.8) is 0 Å². The third-order valence-corrected chi connectivity index (χ3v) is 3.64. The van der Waals surface area contributed by atoms with E-state index in [1.807, 2.05) is 6.92 Å². The van der Waals surface area contributed by atoms with E-state index < -0.39 is 5.82 Å². The van der Waals surface area contributed by atoms with E-state index >= 15 is 0 Å². The second-order valence-corrected chi connectivity index (χ2v) is 5.26. The monoisotopic (exact) mass is 292 g/mol. The topological polar surface area (TPSA) is 84.1 Å². The largest absolute Gasteiger partial charge is 0.394 e. The minimum Gasteiger partial charge on any atom is -0.394 e. The summed E-state index contributed by atoms with van der Waals surface area (Å²) in [5.74, 6) is 0.237. The average Bonchev–Trinajstić information content (AvgIpc) is 2.44. The number of anilines is 2. The van der Waals surface area contributed by atoms with Crippen molar-refractivity contribution in [2.24, 2.45) is 5.92 Å². The molecule has 6 heteroatoms. The van der Waals surface area contributed by atoms with Gasteiger partial charge in [-0.25, -0.2) is 9.37 Å². The molecule has 0 aliphatic heterocycles. The van der Waals surface area contributed by atoms with Crippen LogP contribution in [0.2, 0.25) is 0 Å². The lowest BCUT2D eigenvalue weighted by atomic mass is 9.97. The summed E-state index contributed by atoms with van der Waals surface area (Å²) in [6, 6.07) is 4.42. The van der Waals surface area contributed by atoms with E-state index in [0.717, 1.165) is 12.8 Å². The molecule has 1 heterocycles. The number of rotatable bonds is 6. The first-order valence-corrected chi connectivity index (χ1v) is 7.16. The number of nitrogens with zero attached hydrogens (tertiary/aromatic N) is 2. The highest BCUT2D eigenvalue weighted by Crippen LogP contribution is 2.26. The zero-order valence-electron chi connectivity index (χ0n) is 12.3. The van der Waals surface area contributed by atoms with Gasteiger partial charge in [-0.15, -0.1) is 0 Å². The van der Waals surface area contributed by atoms with Gasteiger partial charge in [-0.2, -0.15) is 4.98 Å². The van der Waals surface area contributed by atoms with Crippen LogP contribution in [-0.2, 0) is 0 Å². The summed E-state index contributed by atoms with van der Waals surface area (Å²) in [6.07, 6.45) is 1.97. The molecule has 1 aromatic heterocycles. The second-order valence-electron chi connectivity index (χ2n) is 5.26.